The van der Waals surface area contributed by atoms with Gasteiger partial charge >= 0.3 is 6.03 Å². The lowest BCUT2D eigenvalue weighted by Crippen LogP contribution is -2.47. The van der Waals surface area contributed by atoms with Crippen LogP contribution in [0.4, 0.5) is 10.5 Å². The minimum Gasteiger partial charge on any atom is -0.492 e. The number of hydrogen-bond acceptors (Lipinski definition) is 3. The van der Waals surface area contributed by atoms with E-state index in [0.29, 0.717) is 18.0 Å². The summed E-state index contributed by atoms with van der Waals surface area (Å²) in [7, 11) is 0. The summed E-state index contributed by atoms with van der Waals surface area (Å²) in [5, 5.41) is 12.8. The number of carbonyl (C=O) groups is 1. The Kier molecular flexibility index (Phi) is 6.68. The smallest absolute Gasteiger partial charge is 0.322 e. The Morgan fingerprint density at radius 1 is 1.45 bits per heavy atom. The van der Waals surface area contributed by atoms with Crippen LogP contribution in [0.2, 0.25) is 0 Å². The summed E-state index contributed by atoms with van der Waals surface area (Å²) in [6, 6.07) is 5.16. The molecule has 0 atom stereocenters. The lowest BCUT2D eigenvalue weighted by Gasteiger charge is -2.32. The van der Waals surface area contributed by atoms with Crippen LogP contribution < -0.4 is 10.1 Å². The zero-order valence-electron chi connectivity index (χ0n) is 13.8. The number of urea groups is 1. The molecule has 0 saturated heterocycles. The van der Waals surface area contributed by atoms with Gasteiger partial charge in [-0.25, -0.2) is 4.79 Å². The van der Waals surface area contributed by atoms with Gasteiger partial charge in [0.25, 0.3) is 0 Å². The predicted octanol–water partition coefficient (Wildman–Crippen LogP) is 3.86. The van der Waals surface area contributed by atoms with E-state index in [1.807, 2.05) is 26.8 Å². The Morgan fingerprint density at radius 3 is 2.59 bits per heavy atom. The lowest BCUT2D eigenvalue weighted by atomic mass is 10.1. The molecular weight excluding hydrogens is 348 g/mol. The largest absolute Gasteiger partial charge is 0.492 e. The number of ether oxygens (including phenoxy) is 1. The first-order valence-corrected chi connectivity index (χ1v) is 8.15. The maximum atomic E-state index is 12.5. The molecule has 0 fully saturated rings. The van der Waals surface area contributed by atoms with Gasteiger partial charge in [0, 0.05) is 10.5 Å². The van der Waals surface area contributed by atoms with Crippen LogP contribution in [0.3, 0.4) is 0 Å². The van der Waals surface area contributed by atoms with E-state index >= 15 is 0 Å². The zero-order chi connectivity index (χ0) is 16.9. The van der Waals surface area contributed by atoms with Crippen LogP contribution in [0.15, 0.2) is 22.7 Å². The topological polar surface area (TPSA) is 61.8 Å². The molecule has 5 nitrogen and oxygen atoms in total. The average molecular weight is 373 g/mol. The molecule has 0 radical (unpaired) electrons. The number of hydrogen-bond donors (Lipinski definition) is 2. The molecule has 2 N–H and O–H groups in total. The third-order valence-corrected chi connectivity index (χ3v) is 3.42. The highest BCUT2D eigenvalue weighted by molar-refractivity contribution is 9.10. The molecule has 0 spiro atoms. The summed E-state index contributed by atoms with van der Waals surface area (Å²) in [6.45, 7) is 9.84. The van der Waals surface area contributed by atoms with Gasteiger partial charge in [0.2, 0.25) is 0 Å². The Morgan fingerprint density at radius 2 is 2.09 bits per heavy atom. The number of nitrogens with one attached hydrogen (secondary N) is 1. The number of nitrogens with zero attached hydrogens (tertiary/aromatic N) is 1. The number of halogens is 1. The van der Waals surface area contributed by atoms with Crippen LogP contribution in [0.1, 0.15) is 34.6 Å². The van der Waals surface area contributed by atoms with Gasteiger partial charge in [-0.05, 0) is 52.8 Å². The van der Waals surface area contributed by atoms with Crippen molar-refractivity contribution in [1.82, 2.24) is 4.90 Å². The third kappa shape index (κ3) is 5.85. The van der Waals surface area contributed by atoms with Crippen molar-refractivity contribution in [2.75, 3.05) is 18.5 Å². The summed E-state index contributed by atoms with van der Waals surface area (Å²) in [5.74, 6) is 0.617. The Bertz CT molecular complexity index is 513. The van der Waals surface area contributed by atoms with E-state index in [4.69, 9.17) is 4.74 Å². The Balaban J connectivity index is 2.96. The molecule has 1 aromatic rings. The van der Waals surface area contributed by atoms with Gasteiger partial charge in [0.1, 0.15) is 5.75 Å². The van der Waals surface area contributed by atoms with Gasteiger partial charge in [-0.2, -0.15) is 0 Å². The van der Waals surface area contributed by atoms with Crippen LogP contribution in [-0.4, -0.2) is 40.8 Å². The van der Waals surface area contributed by atoms with Gasteiger partial charge in [-0.1, -0.05) is 15.9 Å². The SMILES string of the molecule is CCOc1ccc(Br)cc1NC(=O)N(CC(C)(C)O)C(C)C. The van der Waals surface area contributed by atoms with Gasteiger partial charge in [-0.15, -0.1) is 0 Å². The van der Waals surface area contributed by atoms with Crippen LogP contribution in [0, 0.1) is 0 Å². The first-order valence-electron chi connectivity index (χ1n) is 7.36. The molecular formula is C16H25BrN2O3. The molecule has 22 heavy (non-hydrogen) atoms. The van der Waals surface area contributed by atoms with E-state index < -0.39 is 5.60 Å². The van der Waals surface area contributed by atoms with E-state index in [-0.39, 0.29) is 18.6 Å². The molecule has 0 aliphatic carbocycles. The maximum Gasteiger partial charge on any atom is 0.322 e. The van der Waals surface area contributed by atoms with Crippen molar-refractivity contribution in [3.8, 4) is 5.75 Å². The van der Waals surface area contributed by atoms with Crippen molar-refractivity contribution >= 4 is 27.6 Å². The fourth-order valence-electron chi connectivity index (χ4n) is 1.97. The number of amides is 2. The molecule has 0 unspecified atom stereocenters. The minimum absolute atomic E-state index is 0.0332. The molecule has 0 saturated carbocycles. The highest BCUT2D eigenvalue weighted by atomic mass is 79.9. The fourth-order valence-corrected chi connectivity index (χ4v) is 2.34. The van der Waals surface area contributed by atoms with Crippen molar-refractivity contribution in [2.24, 2.45) is 0 Å². The average Bonchev–Trinajstić information content (AvgIpc) is 2.38. The normalized spacial score (nSPS) is 11.5. The lowest BCUT2D eigenvalue weighted by molar-refractivity contribution is 0.0412. The molecule has 0 aromatic heterocycles. The zero-order valence-corrected chi connectivity index (χ0v) is 15.4. The molecule has 0 bridgehead atoms. The standard InChI is InChI=1S/C16H25BrN2O3/c1-6-22-14-8-7-12(17)9-13(14)18-15(20)19(11(2)3)10-16(4,5)21/h7-9,11,21H,6,10H2,1-5H3,(H,18,20). The van der Waals surface area contributed by atoms with E-state index in [0.717, 1.165) is 4.47 Å². The Labute approximate surface area is 140 Å². The van der Waals surface area contributed by atoms with E-state index in [1.165, 1.54) is 0 Å². The molecule has 6 heteroatoms. The van der Waals surface area contributed by atoms with Gasteiger partial charge in [0.15, 0.2) is 0 Å². The summed E-state index contributed by atoms with van der Waals surface area (Å²) in [4.78, 5) is 14.1. The maximum absolute atomic E-state index is 12.5. The van der Waals surface area contributed by atoms with Crippen molar-refractivity contribution in [2.45, 2.75) is 46.3 Å². The van der Waals surface area contributed by atoms with Gasteiger partial charge in [-0.3, -0.25) is 0 Å². The van der Waals surface area contributed by atoms with E-state index in [1.54, 1.807) is 30.9 Å². The predicted molar refractivity (Wildman–Crippen MR) is 92.5 cm³/mol. The quantitative estimate of drug-likeness (QED) is 0.796. The molecule has 124 valence electrons. The van der Waals surface area contributed by atoms with Crippen LogP contribution in [0.5, 0.6) is 5.75 Å². The molecule has 0 heterocycles. The second-order valence-corrected chi connectivity index (χ2v) is 6.95. The number of anilines is 1. The third-order valence-electron chi connectivity index (χ3n) is 2.92. The molecule has 0 aliphatic heterocycles. The van der Waals surface area contributed by atoms with Crippen LogP contribution >= 0.6 is 15.9 Å². The minimum atomic E-state index is -0.957. The molecule has 1 rings (SSSR count). The van der Waals surface area contributed by atoms with Crippen molar-refractivity contribution in [3.63, 3.8) is 0 Å². The highest BCUT2D eigenvalue weighted by Crippen LogP contribution is 2.28. The monoisotopic (exact) mass is 372 g/mol. The number of rotatable bonds is 6. The second-order valence-electron chi connectivity index (χ2n) is 6.04. The van der Waals surface area contributed by atoms with E-state index in [9.17, 15) is 9.90 Å². The van der Waals surface area contributed by atoms with Crippen LogP contribution in [0.25, 0.3) is 0 Å². The Hall–Kier alpha value is -1.27. The summed E-state index contributed by atoms with van der Waals surface area (Å²) in [6.07, 6.45) is 0. The number of aliphatic hydroxyl groups is 1. The molecule has 0 aliphatic rings. The van der Waals surface area contributed by atoms with Crippen LogP contribution in [-0.2, 0) is 0 Å². The number of benzene rings is 1. The molecule has 1 aromatic carbocycles. The summed E-state index contributed by atoms with van der Waals surface area (Å²) in [5.41, 5.74) is -0.357. The van der Waals surface area contributed by atoms with Crippen molar-refractivity contribution in [1.29, 1.82) is 0 Å². The van der Waals surface area contributed by atoms with Crippen molar-refractivity contribution < 1.29 is 14.6 Å². The fraction of sp³-hybridized carbons (Fsp3) is 0.562. The summed E-state index contributed by atoms with van der Waals surface area (Å²) < 4.78 is 6.38. The first-order chi connectivity index (χ1) is 10.1. The van der Waals surface area contributed by atoms with E-state index in [2.05, 4.69) is 21.2 Å². The second kappa shape index (κ2) is 7.83. The van der Waals surface area contributed by atoms with Gasteiger partial charge < -0.3 is 20.1 Å². The summed E-state index contributed by atoms with van der Waals surface area (Å²) >= 11 is 3.39. The van der Waals surface area contributed by atoms with Crippen molar-refractivity contribution in [3.05, 3.63) is 22.7 Å². The molecule has 2 amide bonds. The highest BCUT2D eigenvalue weighted by Gasteiger charge is 2.25. The van der Waals surface area contributed by atoms with Gasteiger partial charge in [0.05, 0.1) is 24.4 Å². The first kappa shape index (κ1) is 18.8. The number of carbonyl (C=O) groups excluding carboxylic acids is 1.